The summed E-state index contributed by atoms with van der Waals surface area (Å²) in [6.07, 6.45) is 0.768. The molecule has 146 valence electrons. The Kier molecular flexibility index (Phi) is 6.85. The molecule has 3 rings (SSSR count). The maximum absolute atomic E-state index is 12.4. The zero-order valence-electron chi connectivity index (χ0n) is 16.0. The molecule has 0 bridgehead atoms. The number of aromatic nitrogens is 1. The molecule has 5 nitrogen and oxygen atoms in total. The van der Waals surface area contributed by atoms with Gasteiger partial charge in [-0.1, -0.05) is 23.7 Å². The summed E-state index contributed by atoms with van der Waals surface area (Å²) in [5.74, 6) is 0.566. The fourth-order valence-electron chi connectivity index (χ4n) is 2.93. The lowest BCUT2D eigenvalue weighted by Crippen LogP contribution is -2.25. The molecular weight excluding hydrogens is 376 g/mol. The molecule has 6 heteroatoms. The Morgan fingerprint density at radius 2 is 2.04 bits per heavy atom. The molecule has 0 saturated carbocycles. The van der Waals surface area contributed by atoms with Crippen LogP contribution >= 0.6 is 11.6 Å². The summed E-state index contributed by atoms with van der Waals surface area (Å²) >= 11 is 6.12. The number of halogens is 1. The number of hydrogen-bond acceptors (Lipinski definition) is 4. The number of carbonyl (C=O) groups excluding carboxylic acids is 1. The van der Waals surface area contributed by atoms with Crippen LogP contribution < -0.4 is 10.1 Å². The van der Waals surface area contributed by atoms with Gasteiger partial charge in [-0.15, -0.1) is 0 Å². The van der Waals surface area contributed by atoms with E-state index in [0.717, 1.165) is 28.6 Å². The predicted molar refractivity (Wildman–Crippen MR) is 112 cm³/mol. The molecule has 3 aromatic rings. The van der Waals surface area contributed by atoms with E-state index in [1.807, 2.05) is 49.4 Å². The highest BCUT2D eigenvalue weighted by molar-refractivity contribution is 6.30. The minimum Gasteiger partial charge on any atom is -0.493 e. The third-order valence-electron chi connectivity index (χ3n) is 4.26. The van der Waals surface area contributed by atoms with Crippen molar-refractivity contribution in [2.24, 2.45) is 0 Å². The molecule has 0 radical (unpaired) electrons. The summed E-state index contributed by atoms with van der Waals surface area (Å²) in [5.41, 5.74) is 3.02. The monoisotopic (exact) mass is 398 g/mol. The standard InChI is InChI=1S/C22H23ClN2O3/c1-3-28-21-14-20(15-6-4-7-17(23)12-15)25-19-9-8-16(13-18(19)21)22(26)24-10-5-11-27-2/h4,6-9,12-14H,3,5,10-11H2,1-2H3,(H,24,26). The van der Waals surface area contributed by atoms with Gasteiger partial charge in [-0.2, -0.15) is 0 Å². The van der Waals surface area contributed by atoms with Gasteiger partial charge in [0.15, 0.2) is 0 Å². The molecule has 1 heterocycles. The molecule has 28 heavy (non-hydrogen) atoms. The van der Waals surface area contributed by atoms with Crippen molar-refractivity contribution in [3.8, 4) is 17.0 Å². The van der Waals surface area contributed by atoms with E-state index in [9.17, 15) is 4.79 Å². The maximum atomic E-state index is 12.4. The number of hydrogen-bond donors (Lipinski definition) is 1. The molecule has 1 N–H and O–H groups in total. The van der Waals surface area contributed by atoms with Crippen LogP contribution in [0.1, 0.15) is 23.7 Å². The highest BCUT2D eigenvalue weighted by atomic mass is 35.5. The fourth-order valence-corrected chi connectivity index (χ4v) is 3.12. The van der Waals surface area contributed by atoms with E-state index in [2.05, 4.69) is 5.32 Å². The normalized spacial score (nSPS) is 10.8. The Hall–Kier alpha value is -2.63. The van der Waals surface area contributed by atoms with E-state index < -0.39 is 0 Å². The number of methoxy groups -OCH3 is 1. The van der Waals surface area contributed by atoms with E-state index >= 15 is 0 Å². The molecule has 0 aliphatic heterocycles. The molecule has 2 aromatic carbocycles. The van der Waals surface area contributed by atoms with Gasteiger partial charge in [0.1, 0.15) is 5.75 Å². The molecule has 0 aliphatic carbocycles. The Labute approximate surface area is 169 Å². The van der Waals surface area contributed by atoms with Crippen molar-refractivity contribution in [1.29, 1.82) is 0 Å². The first-order valence-electron chi connectivity index (χ1n) is 9.23. The second kappa shape index (κ2) is 9.53. The van der Waals surface area contributed by atoms with Gasteiger partial charge in [-0.05, 0) is 43.7 Å². The van der Waals surface area contributed by atoms with Crippen molar-refractivity contribution in [2.45, 2.75) is 13.3 Å². The van der Waals surface area contributed by atoms with E-state index in [4.69, 9.17) is 26.1 Å². The third-order valence-corrected chi connectivity index (χ3v) is 4.50. The van der Waals surface area contributed by atoms with Gasteiger partial charge >= 0.3 is 0 Å². The van der Waals surface area contributed by atoms with Crippen molar-refractivity contribution in [2.75, 3.05) is 26.9 Å². The van der Waals surface area contributed by atoms with Crippen LogP contribution in [0.25, 0.3) is 22.2 Å². The highest BCUT2D eigenvalue weighted by Gasteiger charge is 2.12. The number of pyridine rings is 1. The quantitative estimate of drug-likeness (QED) is 0.558. The van der Waals surface area contributed by atoms with Crippen molar-refractivity contribution in [3.63, 3.8) is 0 Å². The van der Waals surface area contributed by atoms with Gasteiger partial charge in [0.25, 0.3) is 5.91 Å². The molecule has 0 unspecified atom stereocenters. The van der Waals surface area contributed by atoms with Crippen LogP contribution in [-0.4, -0.2) is 37.8 Å². The number of benzene rings is 2. The number of nitrogens with zero attached hydrogens (tertiary/aromatic N) is 1. The third kappa shape index (κ3) is 4.80. The van der Waals surface area contributed by atoms with E-state index in [1.165, 1.54) is 0 Å². The van der Waals surface area contributed by atoms with E-state index in [0.29, 0.717) is 36.1 Å². The molecular formula is C22H23ClN2O3. The second-order valence-corrected chi connectivity index (χ2v) is 6.72. The summed E-state index contributed by atoms with van der Waals surface area (Å²) < 4.78 is 10.8. The van der Waals surface area contributed by atoms with Gasteiger partial charge in [0.05, 0.1) is 17.8 Å². The number of ether oxygens (including phenoxy) is 2. The topological polar surface area (TPSA) is 60.5 Å². The number of amides is 1. The number of nitrogens with one attached hydrogen (secondary N) is 1. The second-order valence-electron chi connectivity index (χ2n) is 6.28. The van der Waals surface area contributed by atoms with E-state index in [1.54, 1.807) is 13.2 Å². The molecule has 1 amide bonds. The zero-order chi connectivity index (χ0) is 19.9. The van der Waals surface area contributed by atoms with Crippen molar-refractivity contribution in [1.82, 2.24) is 10.3 Å². The lowest BCUT2D eigenvalue weighted by Gasteiger charge is -2.12. The average Bonchev–Trinajstić information content (AvgIpc) is 2.71. The summed E-state index contributed by atoms with van der Waals surface area (Å²) in [5, 5.41) is 4.35. The van der Waals surface area contributed by atoms with Crippen LogP contribution in [0.3, 0.4) is 0 Å². The lowest BCUT2D eigenvalue weighted by atomic mass is 10.1. The van der Waals surface area contributed by atoms with Gasteiger partial charge in [-0.25, -0.2) is 4.98 Å². The largest absolute Gasteiger partial charge is 0.493 e. The van der Waals surface area contributed by atoms with Crippen molar-refractivity contribution < 1.29 is 14.3 Å². The summed E-state index contributed by atoms with van der Waals surface area (Å²) in [6, 6.07) is 14.9. The Morgan fingerprint density at radius 3 is 2.79 bits per heavy atom. The van der Waals surface area contributed by atoms with Crippen LogP contribution in [0.5, 0.6) is 5.75 Å². The average molecular weight is 399 g/mol. The van der Waals surface area contributed by atoms with Gasteiger partial charge in [-0.3, -0.25) is 4.79 Å². The first-order valence-corrected chi connectivity index (χ1v) is 9.61. The van der Waals surface area contributed by atoms with Crippen LogP contribution in [-0.2, 0) is 4.74 Å². The zero-order valence-corrected chi connectivity index (χ0v) is 16.8. The SMILES string of the molecule is CCOc1cc(-c2cccc(Cl)c2)nc2ccc(C(=O)NCCCOC)cc12. The van der Waals surface area contributed by atoms with Crippen LogP contribution in [0, 0.1) is 0 Å². The minimum absolute atomic E-state index is 0.126. The predicted octanol–water partition coefficient (Wildman–Crippen LogP) is 4.72. The maximum Gasteiger partial charge on any atom is 0.251 e. The van der Waals surface area contributed by atoms with Crippen molar-refractivity contribution >= 4 is 28.4 Å². The summed E-state index contributed by atoms with van der Waals surface area (Å²) in [4.78, 5) is 17.1. The van der Waals surface area contributed by atoms with Crippen LogP contribution in [0.2, 0.25) is 5.02 Å². The Morgan fingerprint density at radius 1 is 1.18 bits per heavy atom. The molecule has 0 atom stereocenters. The first-order chi connectivity index (χ1) is 13.6. The van der Waals surface area contributed by atoms with Gasteiger partial charge in [0, 0.05) is 47.9 Å². The van der Waals surface area contributed by atoms with Gasteiger partial charge < -0.3 is 14.8 Å². The minimum atomic E-state index is -0.126. The molecule has 0 aliphatic rings. The van der Waals surface area contributed by atoms with Crippen LogP contribution in [0.4, 0.5) is 0 Å². The number of fused-ring (bicyclic) bond motifs is 1. The molecule has 1 aromatic heterocycles. The molecule has 0 fully saturated rings. The number of carbonyl (C=O) groups is 1. The fraction of sp³-hybridized carbons (Fsp3) is 0.273. The van der Waals surface area contributed by atoms with Crippen molar-refractivity contribution in [3.05, 3.63) is 59.1 Å². The van der Waals surface area contributed by atoms with Gasteiger partial charge in [0.2, 0.25) is 0 Å². The highest BCUT2D eigenvalue weighted by Crippen LogP contribution is 2.31. The molecule has 0 spiro atoms. The number of rotatable bonds is 8. The smallest absolute Gasteiger partial charge is 0.251 e. The molecule has 0 saturated heterocycles. The van der Waals surface area contributed by atoms with Crippen LogP contribution in [0.15, 0.2) is 48.5 Å². The Bertz CT molecular complexity index is 975. The first kappa shape index (κ1) is 20.1. The summed E-state index contributed by atoms with van der Waals surface area (Å²) in [6.45, 7) is 3.62. The lowest BCUT2D eigenvalue weighted by molar-refractivity contribution is 0.0948. The Balaban J connectivity index is 1.95. The summed E-state index contributed by atoms with van der Waals surface area (Å²) in [7, 11) is 1.64. The van der Waals surface area contributed by atoms with E-state index in [-0.39, 0.29) is 5.91 Å².